The Morgan fingerprint density at radius 2 is 2.09 bits per heavy atom. The molecule has 9 heteroatoms. The van der Waals surface area contributed by atoms with Crippen molar-refractivity contribution in [1.29, 1.82) is 0 Å². The first-order valence-electron chi connectivity index (χ1n) is 10.9. The van der Waals surface area contributed by atoms with Gasteiger partial charge in [-0.25, -0.2) is 0 Å². The molecule has 1 aromatic heterocycles. The predicted octanol–water partition coefficient (Wildman–Crippen LogP) is 3.80. The van der Waals surface area contributed by atoms with Crippen molar-refractivity contribution < 1.29 is 19.0 Å². The van der Waals surface area contributed by atoms with Gasteiger partial charge in [-0.2, -0.15) is 5.10 Å². The van der Waals surface area contributed by atoms with Crippen LogP contribution in [0.1, 0.15) is 24.0 Å². The molecule has 0 radical (unpaired) electrons. The number of H-pyrrole nitrogens is 1. The van der Waals surface area contributed by atoms with Crippen LogP contribution in [0.2, 0.25) is 0 Å². The van der Waals surface area contributed by atoms with E-state index in [4.69, 9.17) is 26.4 Å². The Morgan fingerprint density at radius 3 is 2.82 bits per heavy atom. The van der Waals surface area contributed by atoms with E-state index in [1.165, 1.54) is 0 Å². The Kier molecular flexibility index (Phi) is 7.41. The Labute approximate surface area is 197 Å². The summed E-state index contributed by atoms with van der Waals surface area (Å²) < 4.78 is 19.0. The summed E-state index contributed by atoms with van der Waals surface area (Å²) in [5.41, 5.74) is 2.94. The monoisotopic (exact) mass is 468 g/mol. The number of hydrogen-bond acceptors (Lipinski definition) is 6. The summed E-state index contributed by atoms with van der Waals surface area (Å²) in [6.07, 6.45) is 2.22. The maximum absolute atomic E-state index is 12.7. The van der Waals surface area contributed by atoms with Crippen molar-refractivity contribution >= 4 is 18.1 Å². The molecule has 1 fully saturated rings. The van der Waals surface area contributed by atoms with Crippen molar-refractivity contribution in [2.45, 2.75) is 39.0 Å². The zero-order valence-electron chi connectivity index (χ0n) is 18.8. The number of amides is 1. The van der Waals surface area contributed by atoms with E-state index in [2.05, 4.69) is 15.5 Å². The summed E-state index contributed by atoms with van der Waals surface area (Å²) >= 11 is 5.33. The fraction of sp³-hybridized carbons (Fsp3) is 0.375. The molecule has 0 saturated carbocycles. The predicted molar refractivity (Wildman–Crippen MR) is 127 cm³/mol. The van der Waals surface area contributed by atoms with Gasteiger partial charge in [-0.1, -0.05) is 35.9 Å². The van der Waals surface area contributed by atoms with Gasteiger partial charge in [-0.05, 0) is 49.7 Å². The minimum Gasteiger partial charge on any atom is -0.493 e. The van der Waals surface area contributed by atoms with Gasteiger partial charge in [-0.15, -0.1) is 0 Å². The maximum atomic E-state index is 12.7. The van der Waals surface area contributed by atoms with Crippen molar-refractivity contribution in [3.05, 3.63) is 58.4 Å². The van der Waals surface area contributed by atoms with Gasteiger partial charge in [-0.3, -0.25) is 14.5 Å². The molecule has 2 N–H and O–H groups in total. The molecule has 0 bridgehead atoms. The van der Waals surface area contributed by atoms with Crippen LogP contribution in [0.4, 0.5) is 0 Å². The molecule has 33 heavy (non-hydrogen) atoms. The molecule has 2 heterocycles. The summed E-state index contributed by atoms with van der Waals surface area (Å²) in [6, 6.07) is 13.6. The number of aromatic amines is 1. The van der Waals surface area contributed by atoms with Crippen LogP contribution in [-0.2, 0) is 22.6 Å². The minimum absolute atomic E-state index is 0.0677. The van der Waals surface area contributed by atoms with E-state index < -0.39 is 0 Å². The van der Waals surface area contributed by atoms with Crippen LogP contribution in [-0.4, -0.2) is 47.1 Å². The van der Waals surface area contributed by atoms with Crippen LogP contribution in [0.3, 0.4) is 0 Å². The smallest absolute Gasteiger partial charge is 0.240 e. The van der Waals surface area contributed by atoms with Crippen molar-refractivity contribution in [2.75, 3.05) is 20.3 Å². The standard InChI is InChI=1S/C24H28N4O4S/c1-16-5-8-18(9-6-16)23-26-27-24(33)28(23)14-22(29)25-13-17-7-10-20(21(12-17)30-2)32-15-19-4-3-11-31-19/h5-10,12,19H,3-4,11,13-15H2,1-2H3,(H,25,29)(H,27,33). The lowest BCUT2D eigenvalue weighted by atomic mass is 10.1. The van der Waals surface area contributed by atoms with Gasteiger partial charge < -0.3 is 19.5 Å². The molecule has 4 rings (SSSR count). The highest BCUT2D eigenvalue weighted by atomic mass is 32.1. The molecule has 1 atom stereocenters. The lowest BCUT2D eigenvalue weighted by Gasteiger charge is -2.15. The quantitative estimate of drug-likeness (QED) is 0.464. The van der Waals surface area contributed by atoms with Gasteiger partial charge in [0.25, 0.3) is 0 Å². The maximum Gasteiger partial charge on any atom is 0.240 e. The van der Waals surface area contributed by atoms with Crippen LogP contribution in [0, 0.1) is 11.7 Å². The summed E-state index contributed by atoms with van der Waals surface area (Å²) in [5.74, 6) is 1.75. The molecule has 1 amide bonds. The van der Waals surface area contributed by atoms with Gasteiger partial charge in [0, 0.05) is 18.7 Å². The molecule has 174 valence electrons. The van der Waals surface area contributed by atoms with Gasteiger partial charge in [0.1, 0.15) is 13.2 Å². The van der Waals surface area contributed by atoms with Crippen LogP contribution in [0.15, 0.2) is 42.5 Å². The normalized spacial score (nSPS) is 15.4. The van der Waals surface area contributed by atoms with Gasteiger partial charge in [0.15, 0.2) is 22.1 Å². The molecule has 1 unspecified atom stereocenters. The number of nitrogens with zero attached hydrogens (tertiary/aromatic N) is 2. The summed E-state index contributed by atoms with van der Waals surface area (Å²) in [6.45, 7) is 3.73. The second kappa shape index (κ2) is 10.6. The lowest BCUT2D eigenvalue weighted by Crippen LogP contribution is -2.27. The Morgan fingerprint density at radius 1 is 1.27 bits per heavy atom. The van der Waals surface area contributed by atoms with Gasteiger partial charge >= 0.3 is 0 Å². The minimum atomic E-state index is -0.168. The highest BCUT2D eigenvalue weighted by Crippen LogP contribution is 2.29. The number of benzene rings is 2. The average molecular weight is 469 g/mol. The Bertz CT molecular complexity index is 1150. The van der Waals surface area contributed by atoms with E-state index in [0.717, 1.165) is 36.1 Å². The number of carbonyl (C=O) groups excluding carboxylic acids is 1. The van der Waals surface area contributed by atoms with Gasteiger partial charge in [0.05, 0.1) is 13.2 Å². The van der Waals surface area contributed by atoms with E-state index >= 15 is 0 Å². The number of aromatic nitrogens is 3. The second-order valence-corrected chi connectivity index (χ2v) is 8.40. The van der Waals surface area contributed by atoms with Crippen LogP contribution in [0.25, 0.3) is 11.4 Å². The molecule has 1 aliphatic rings. The number of methoxy groups -OCH3 is 1. The number of rotatable bonds is 9. The SMILES string of the molecule is COc1cc(CNC(=O)Cn2c(-c3ccc(C)cc3)n[nH]c2=S)ccc1OCC1CCCO1. The molecular formula is C24H28N4O4S. The summed E-state index contributed by atoms with van der Waals surface area (Å²) in [5, 5.41) is 10.0. The third-order valence-electron chi connectivity index (χ3n) is 5.54. The van der Waals surface area contributed by atoms with E-state index in [1.807, 2.05) is 49.4 Å². The zero-order chi connectivity index (χ0) is 23.2. The van der Waals surface area contributed by atoms with Crippen molar-refractivity contribution in [3.63, 3.8) is 0 Å². The van der Waals surface area contributed by atoms with E-state index in [9.17, 15) is 4.79 Å². The van der Waals surface area contributed by atoms with Crippen molar-refractivity contribution in [2.24, 2.45) is 0 Å². The lowest BCUT2D eigenvalue weighted by molar-refractivity contribution is -0.121. The largest absolute Gasteiger partial charge is 0.493 e. The van der Waals surface area contributed by atoms with Crippen LogP contribution >= 0.6 is 12.2 Å². The molecule has 0 spiro atoms. The molecule has 3 aromatic rings. The first-order valence-corrected chi connectivity index (χ1v) is 11.3. The van der Waals surface area contributed by atoms with E-state index in [1.54, 1.807) is 11.7 Å². The number of nitrogens with one attached hydrogen (secondary N) is 2. The fourth-order valence-electron chi connectivity index (χ4n) is 3.69. The molecule has 8 nitrogen and oxygen atoms in total. The Hall–Kier alpha value is -3.17. The third kappa shape index (κ3) is 5.80. The van der Waals surface area contributed by atoms with Gasteiger partial charge in [0.2, 0.25) is 5.91 Å². The van der Waals surface area contributed by atoms with Crippen LogP contribution in [0.5, 0.6) is 11.5 Å². The van der Waals surface area contributed by atoms with Crippen molar-refractivity contribution in [1.82, 2.24) is 20.1 Å². The third-order valence-corrected chi connectivity index (χ3v) is 5.85. The fourth-order valence-corrected chi connectivity index (χ4v) is 3.88. The molecule has 1 saturated heterocycles. The molecule has 2 aromatic carbocycles. The Balaban J connectivity index is 1.36. The van der Waals surface area contributed by atoms with Crippen molar-refractivity contribution in [3.8, 4) is 22.9 Å². The summed E-state index contributed by atoms with van der Waals surface area (Å²) in [7, 11) is 1.60. The zero-order valence-corrected chi connectivity index (χ0v) is 19.6. The highest BCUT2D eigenvalue weighted by molar-refractivity contribution is 7.71. The molecule has 0 aliphatic carbocycles. The number of carbonyl (C=O) groups is 1. The number of hydrogen-bond donors (Lipinski definition) is 2. The number of aryl methyl sites for hydroxylation is 1. The second-order valence-electron chi connectivity index (χ2n) is 8.01. The average Bonchev–Trinajstić information content (AvgIpc) is 3.47. The molecule has 1 aliphatic heterocycles. The highest BCUT2D eigenvalue weighted by Gasteiger charge is 2.17. The van der Waals surface area contributed by atoms with Crippen LogP contribution < -0.4 is 14.8 Å². The van der Waals surface area contributed by atoms with E-state index in [0.29, 0.717) is 35.2 Å². The number of ether oxygens (including phenoxy) is 3. The van der Waals surface area contributed by atoms with E-state index in [-0.39, 0.29) is 18.6 Å². The molecular weight excluding hydrogens is 440 g/mol. The first kappa shape index (κ1) is 23.0. The topological polar surface area (TPSA) is 90.4 Å². The first-order chi connectivity index (χ1) is 16.0. The summed E-state index contributed by atoms with van der Waals surface area (Å²) in [4.78, 5) is 12.7.